The third-order valence-corrected chi connectivity index (χ3v) is 11.2. The molecule has 2 fully saturated rings. The molecular weight excluding hydrogens is 408 g/mol. The van der Waals surface area contributed by atoms with Crippen molar-refractivity contribution in [3.8, 4) is 0 Å². The van der Waals surface area contributed by atoms with Crippen molar-refractivity contribution in [1.29, 1.82) is 0 Å². The van der Waals surface area contributed by atoms with Crippen molar-refractivity contribution in [2.45, 2.75) is 92.9 Å². The fourth-order valence-electron chi connectivity index (χ4n) is 8.69. The number of allylic oxidation sites excluding steroid dienone is 5. The van der Waals surface area contributed by atoms with Crippen molar-refractivity contribution in [3.63, 3.8) is 0 Å². The second-order valence-electron chi connectivity index (χ2n) is 12.9. The molecule has 33 heavy (non-hydrogen) atoms. The smallest absolute Gasteiger partial charge is 0.138 e. The van der Waals surface area contributed by atoms with Crippen molar-refractivity contribution in [2.24, 2.45) is 39.4 Å². The SMILES string of the molecule is C[C@@H](CCC=C(CO)CO)[C@H]1CC[C@@]2(C)C3=CC[C@H]4C(C)(C)C(=O)CC[C@]4(C)C3=CC[C@]12C. The lowest BCUT2D eigenvalue weighted by molar-refractivity contribution is -0.138. The number of aliphatic hydroxyl groups excluding tert-OH is 2. The van der Waals surface area contributed by atoms with Gasteiger partial charge in [-0.1, -0.05) is 59.8 Å². The lowest BCUT2D eigenvalue weighted by atomic mass is 9.44. The summed E-state index contributed by atoms with van der Waals surface area (Å²) in [6.45, 7) is 14.2. The van der Waals surface area contributed by atoms with E-state index in [1.165, 1.54) is 12.8 Å². The molecule has 0 aromatic rings. The highest BCUT2D eigenvalue weighted by Gasteiger charge is 2.63. The molecule has 2 saturated carbocycles. The van der Waals surface area contributed by atoms with Crippen LogP contribution in [-0.4, -0.2) is 29.2 Å². The Kier molecular flexibility index (Phi) is 6.41. The number of carbonyl (C=O) groups excluding carboxylic acids is 1. The van der Waals surface area contributed by atoms with Crippen LogP contribution in [-0.2, 0) is 4.79 Å². The molecule has 0 saturated heterocycles. The minimum atomic E-state index is -0.236. The van der Waals surface area contributed by atoms with Crippen LogP contribution in [0.15, 0.2) is 34.9 Å². The molecule has 4 aliphatic carbocycles. The normalized spacial score (nSPS) is 40.2. The van der Waals surface area contributed by atoms with E-state index < -0.39 is 0 Å². The minimum absolute atomic E-state index is 0.0476. The van der Waals surface area contributed by atoms with Gasteiger partial charge in [-0.2, -0.15) is 0 Å². The van der Waals surface area contributed by atoms with E-state index in [1.807, 2.05) is 6.08 Å². The van der Waals surface area contributed by atoms with E-state index >= 15 is 0 Å². The number of hydrogen-bond donors (Lipinski definition) is 2. The lowest BCUT2D eigenvalue weighted by Crippen LogP contribution is -2.53. The number of rotatable bonds is 6. The number of carbonyl (C=O) groups is 1. The molecule has 3 heteroatoms. The highest BCUT2D eigenvalue weighted by molar-refractivity contribution is 5.86. The Hall–Kier alpha value is -1.19. The second-order valence-corrected chi connectivity index (χ2v) is 12.9. The van der Waals surface area contributed by atoms with Crippen LogP contribution in [0, 0.1) is 39.4 Å². The predicted octanol–water partition coefficient (Wildman–Crippen LogP) is 6.41. The van der Waals surface area contributed by atoms with E-state index in [0.29, 0.717) is 23.5 Å². The lowest BCUT2D eigenvalue weighted by Gasteiger charge is -2.59. The standard InChI is InChI=1S/C30H46O3/c1-20(8-7-9-21(18-31)19-32)22-12-16-30(6)24-10-11-25-27(2,3)26(33)14-15-28(25,4)23(24)13-17-29(22,30)5/h9-10,13,20,22,25,31-32H,7-8,11-12,14-19H2,1-6H3/t20-,22+,25-,28+,29+,30-/m0/s1. The molecule has 4 rings (SSSR count). The predicted molar refractivity (Wildman–Crippen MR) is 135 cm³/mol. The Morgan fingerprint density at radius 2 is 1.79 bits per heavy atom. The van der Waals surface area contributed by atoms with Crippen LogP contribution in [0.5, 0.6) is 0 Å². The summed E-state index contributed by atoms with van der Waals surface area (Å²) in [7, 11) is 0. The summed E-state index contributed by atoms with van der Waals surface area (Å²) in [5.41, 5.74) is 4.26. The molecule has 0 radical (unpaired) electrons. The van der Waals surface area contributed by atoms with Gasteiger partial charge in [0.15, 0.2) is 0 Å². The molecule has 0 aromatic heterocycles. The zero-order valence-electron chi connectivity index (χ0n) is 21.8. The van der Waals surface area contributed by atoms with Crippen LogP contribution in [0.2, 0.25) is 0 Å². The van der Waals surface area contributed by atoms with Crippen LogP contribution in [0.3, 0.4) is 0 Å². The first kappa shape index (κ1) is 24.9. The zero-order valence-corrected chi connectivity index (χ0v) is 21.8. The molecule has 184 valence electrons. The number of ketones is 1. The molecule has 0 amide bonds. The van der Waals surface area contributed by atoms with Gasteiger partial charge >= 0.3 is 0 Å². The summed E-state index contributed by atoms with van der Waals surface area (Å²) in [5.74, 6) is 2.14. The summed E-state index contributed by atoms with van der Waals surface area (Å²) < 4.78 is 0. The van der Waals surface area contributed by atoms with E-state index in [4.69, 9.17) is 0 Å². The maximum atomic E-state index is 12.8. The van der Waals surface area contributed by atoms with E-state index in [2.05, 4.69) is 53.7 Å². The van der Waals surface area contributed by atoms with E-state index in [9.17, 15) is 15.0 Å². The van der Waals surface area contributed by atoms with Crippen molar-refractivity contribution in [2.75, 3.05) is 13.2 Å². The maximum Gasteiger partial charge on any atom is 0.138 e. The van der Waals surface area contributed by atoms with Gasteiger partial charge in [-0.25, -0.2) is 0 Å². The third kappa shape index (κ3) is 3.56. The average Bonchev–Trinajstić information content (AvgIpc) is 3.05. The van der Waals surface area contributed by atoms with Crippen LogP contribution in [0.4, 0.5) is 0 Å². The van der Waals surface area contributed by atoms with Crippen molar-refractivity contribution >= 4 is 5.78 Å². The summed E-state index contributed by atoms with van der Waals surface area (Å²) in [6, 6.07) is 0. The fourth-order valence-corrected chi connectivity index (χ4v) is 8.69. The summed E-state index contributed by atoms with van der Waals surface area (Å²) in [6.07, 6.45) is 15.6. The molecule has 0 unspecified atom stereocenters. The van der Waals surface area contributed by atoms with Crippen molar-refractivity contribution in [3.05, 3.63) is 34.9 Å². The first-order valence-corrected chi connectivity index (χ1v) is 13.3. The van der Waals surface area contributed by atoms with Gasteiger partial charge in [0.25, 0.3) is 0 Å². The number of Topliss-reactive ketones (excluding diaryl/α,β-unsaturated/α-hetero) is 1. The molecule has 3 nitrogen and oxygen atoms in total. The van der Waals surface area contributed by atoms with Gasteiger partial charge in [0.05, 0.1) is 13.2 Å². The first-order valence-electron chi connectivity index (χ1n) is 13.3. The molecule has 0 aromatic carbocycles. The highest BCUT2D eigenvalue weighted by Crippen LogP contribution is 2.71. The fraction of sp³-hybridized carbons (Fsp3) is 0.767. The molecular formula is C30H46O3. The maximum absolute atomic E-state index is 12.8. The Morgan fingerprint density at radius 3 is 2.45 bits per heavy atom. The zero-order chi connectivity index (χ0) is 24.2. The number of fused-ring (bicyclic) bond motifs is 5. The molecule has 0 spiro atoms. The van der Waals surface area contributed by atoms with Gasteiger partial charge in [0.2, 0.25) is 0 Å². The largest absolute Gasteiger partial charge is 0.392 e. The van der Waals surface area contributed by atoms with Crippen LogP contribution < -0.4 is 0 Å². The van der Waals surface area contributed by atoms with Crippen LogP contribution in [0.25, 0.3) is 0 Å². The first-order chi connectivity index (χ1) is 15.5. The monoisotopic (exact) mass is 454 g/mol. The number of hydrogen-bond acceptors (Lipinski definition) is 3. The molecule has 2 N–H and O–H groups in total. The van der Waals surface area contributed by atoms with E-state index in [0.717, 1.165) is 44.1 Å². The topological polar surface area (TPSA) is 57.5 Å². The van der Waals surface area contributed by atoms with Crippen molar-refractivity contribution in [1.82, 2.24) is 0 Å². The average molecular weight is 455 g/mol. The van der Waals surface area contributed by atoms with Crippen LogP contribution in [0.1, 0.15) is 92.9 Å². The molecule has 0 bridgehead atoms. The van der Waals surface area contributed by atoms with Gasteiger partial charge in [-0.05, 0) is 95.7 Å². The summed E-state index contributed by atoms with van der Waals surface area (Å²) in [4.78, 5) is 12.8. The van der Waals surface area contributed by atoms with E-state index in [1.54, 1.807) is 11.1 Å². The van der Waals surface area contributed by atoms with E-state index in [-0.39, 0.29) is 34.9 Å². The second kappa shape index (κ2) is 8.48. The van der Waals surface area contributed by atoms with Gasteiger partial charge in [-0.3, -0.25) is 4.79 Å². The highest BCUT2D eigenvalue weighted by atomic mass is 16.3. The Labute approximate surface area is 201 Å². The van der Waals surface area contributed by atoms with Crippen LogP contribution >= 0.6 is 0 Å². The van der Waals surface area contributed by atoms with Gasteiger partial charge in [-0.15, -0.1) is 0 Å². The molecule has 6 atom stereocenters. The third-order valence-electron chi connectivity index (χ3n) is 11.2. The Balaban J connectivity index is 1.61. The van der Waals surface area contributed by atoms with Gasteiger partial charge < -0.3 is 10.2 Å². The van der Waals surface area contributed by atoms with Gasteiger partial charge in [0, 0.05) is 11.8 Å². The summed E-state index contributed by atoms with van der Waals surface area (Å²) in [5, 5.41) is 18.7. The quantitative estimate of drug-likeness (QED) is 0.456. The number of aliphatic hydroxyl groups is 2. The molecule has 0 heterocycles. The molecule has 4 aliphatic rings. The molecule has 0 aliphatic heterocycles. The van der Waals surface area contributed by atoms with Crippen molar-refractivity contribution < 1.29 is 15.0 Å². The Morgan fingerprint density at radius 1 is 1.09 bits per heavy atom. The minimum Gasteiger partial charge on any atom is -0.392 e. The Bertz CT molecular complexity index is 886. The summed E-state index contributed by atoms with van der Waals surface area (Å²) >= 11 is 0. The van der Waals surface area contributed by atoms with Gasteiger partial charge in [0.1, 0.15) is 5.78 Å².